The highest BCUT2D eigenvalue weighted by atomic mass is 19.3. The van der Waals surface area contributed by atoms with E-state index >= 15 is 0 Å². The number of hydrogen-bond acceptors (Lipinski definition) is 6. The normalized spacial score (nSPS) is 21.4. The SMILES string of the molecule is Cc1ncccc1N1CCN(C(=O)Cn2cc(N3CCC4(CC4)C(F)(F)C3)ncc2=O)CC1. The van der Waals surface area contributed by atoms with Gasteiger partial charge in [-0.1, -0.05) is 0 Å². The van der Waals surface area contributed by atoms with Crippen LogP contribution in [0.5, 0.6) is 0 Å². The molecule has 0 aromatic carbocycles. The van der Waals surface area contributed by atoms with E-state index in [0.29, 0.717) is 57.8 Å². The second kappa shape index (κ2) is 8.07. The first kappa shape index (κ1) is 21.8. The lowest BCUT2D eigenvalue weighted by Gasteiger charge is -2.39. The number of amides is 1. The van der Waals surface area contributed by atoms with Crippen molar-refractivity contribution in [2.45, 2.75) is 38.7 Å². The van der Waals surface area contributed by atoms with Crippen molar-refractivity contribution in [3.63, 3.8) is 0 Å². The Labute approximate surface area is 190 Å². The summed E-state index contributed by atoms with van der Waals surface area (Å²) in [7, 11) is 0. The van der Waals surface area contributed by atoms with Crippen molar-refractivity contribution in [2.24, 2.45) is 5.41 Å². The summed E-state index contributed by atoms with van der Waals surface area (Å²) < 4.78 is 30.5. The van der Waals surface area contributed by atoms with Crippen molar-refractivity contribution in [1.29, 1.82) is 0 Å². The molecule has 0 bridgehead atoms. The van der Waals surface area contributed by atoms with Gasteiger partial charge in [0.25, 0.3) is 11.5 Å². The summed E-state index contributed by atoms with van der Waals surface area (Å²) in [6, 6.07) is 3.92. The highest BCUT2D eigenvalue weighted by molar-refractivity contribution is 5.76. The molecule has 2 aromatic heterocycles. The highest BCUT2D eigenvalue weighted by Gasteiger charge is 2.63. The van der Waals surface area contributed by atoms with Crippen LogP contribution in [0.2, 0.25) is 0 Å². The van der Waals surface area contributed by atoms with Crippen LogP contribution in [0.25, 0.3) is 0 Å². The van der Waals surface area contributed by atoms with E-state index in [1.54, 1.807) is 11.1 Å². The summed E-state index contributed by atoms with van der Waals surface area (Å²) in [5.74, 6) is -2.62. The summed E-state index contributed by atoms with van der Waals surface area (Å²) in [5.41, 5.74) is 0.749. The molecule has 1 saturated carbocycles. The number of pyridine rings is 1. The standard InChI is InChI=1S/C23H28F2N6O2/c1-17-18(3-2-7-26-17)28-9-11-29(12-10-28)21(33)15-31-14-19(27-13-20(31)32)30-8-6-22(4-5-22)23(24,25)16-30/h2-3,7,13-14H,4-6,8-12,15-16H2,1H3. The molecule has 0 atom stereocenters. The number of nitrogens with zero attached hydrogens (tertiary/aromatic N) is 6. The van der Waals surface area contributed by atoms with Gasteiger partial charge >= 0.3 is 0 Å². The quantitative estimate of drug-likeness (QED) is 0.697. The molecule has 0 radical (unpaired) electrons. The molecule has 1 amide bonds. The molecule has 176 valence electrons. The average Bonchev–Trinajstić information content (AvgIpc) is 3.59. The zero-order valence-corrected chi connectivity index (χ0v) is 18.7. The molecule has 4 heterocycles. The number of alkyl halides is 2. The summed E-state index contributed by atoms with van der Waals surface area (Å²) in [4.78, 5) is 39.1. The molecule has 1 aliphatic carbocycles. The van der Waals surface area contributed by atoms with Gasteiger partial charge in [0.1, 0.15) is 12.4 Å². The zero-order valence-electron chi connectivity index (χ0n) is 18.7. The summed E-state index contributed by atoms with van der Waals surface area (Å²) in [6.45, 7) is 4.35. The van der Waals surface area contributed by atoms with Gasteiger partial charge in [-0.2, -0.15) is 0 Å². The summed E-state index contributed by atoms with van der Waals surface area (Å²) >= 11 is 0. The van der Waals surface area contributed by atoms with E-state index in [0.717, 1.165) is 17.6 Å². The van der Waals surface area contributed by atoms with Gasteiger partial charge in [0.2, 0.25) is 5.91 Å². The van der Waals surface area contributed by atoms with Crippen LogP contribution in [0.1, 0.15) is 25.0 Å². The van der Waals surface area contributed by atoms with Gasteiger partial charge < -0.3 is 19.3 Å². The second-order valence-corrected chi connectivity index (χ2v) is 9.34. The topological polar surface area (TPSA) is 74.6 Å². The molecule has 8 nitrogen and oxygen atoms in total. The molecule has 10 heteroatoms. The molecule has 33 heavy (non-hydrogen) atoms. The van der Waals surface area contributed by atoms with E-state index in [1.165, 1.54) is 15.7 Å². The lowest BCUT2D eigenvalue weighted by Crippen LogP contribution is -2.51. The van der Waals surface area contributed by atoms with Crippen LogP contribution in [0, 0.1) is 12.3 Å². The Kier molecular flexibility index (Phi) is 5.33. The second-order valence-electron chi connectivity index (χ2n) is 9.34. The van der Waals surface area contributed by atoms with Crippen molar-refractivity contribution >= 4 is 17.4 Å². The van der Waals surface area contributed by atoms with Crippen LogP contribution in [0.4, 0.5) is 20.3 Å². The maximum Gasteiger partial charge on any atom is 0.270 e. The van der Waals surface area contributed by atoms with Crippen molar-refractivity contribution in [3.8, 4) is 0 Å². The van der Waals surface area contributed by atoms with Crippen LogP contribution in [-0.2, 0) is 11.3 Å². The zero-order chi connectivity index (χ0) is 23.2. The number of aromatic nitrogens is 3. The summed E-state index contributed by atoms with van der Waals surface area (Å²) in [5, 5.41) is 0. The Morgan fingerprint density at radius 3 is 2.48 bits per heavy atom. The first-order valence-electron chi connectivity index (χ1n) is 11.4. The van der Waals surface area contributed by atoms with Crippen LogP contribution >= 0.6 is 0 Å². The maximum absolute atomic E-state index is 14.6. The Hall–Kier alpha value is -3.04. The van der Waals surface area contributed by atoms with Crippen LogP contribution < -0.4 is 15.4 Å². The van der Waals surface area contributed by atoms with Gasteiger partial charge in [0.05, 0.1) is 30.3 Å². The summed E-state index contributed by atoms with van der Waals surface area (Å²) in [6.07, 6.45) is 5.88. The number of carbonyl (C=O) groups excluding carboxylic acids is 1. The number of halogens is 2. The molecule has 3 aliphatic rings. The van der Waals surface area contributed by atoms with E-state index in [4.69, 9.17) is 0 Å². The monoisotopic (exact) mass is 458 g/mol. The van der Waals surface area contributed by atoms with Crippen LogP contribution in [0.15, 0.2) is 35.5 Å². The Morgan fingerprint density at radius 2 is 1.82 bits per heavy atom. The number of aryl methyl sites for hydroxylation is 1. The largest absolute Gasteiger partial charge is 0.367 e. The highest BCUT2D eigenvalue weighted by Crippen LogP contribution is 2.61. The van der Waals surface area contributed by atoms with E-state index in [-0.39, 0.29) is 12.5 Å². The fourth-order valence-electron chi connectivity index (χ4n) is 4.95. The van der Waals surface area contributed by atoms with Gasteiger partial charge in [0, 0.05) is 44.3 Å². The fraction of sp³-hybridized carbons (Fsp3) is 0.565. The van der Waals surface area contributed by atoms with Crippen LogP contribution in [0.3, 0.4) is 0 Å². The maximum atomic E-state index is 14.6. The molecule has 3 fully saturated rings. The Bertz CT molecular complexity index is 1110. The van der Waals surface area contributed by atoms with E-state index in [9.17, 15) is 18.4 Å². The average molecular weight is 459 g/mol. The van der Waals surface area contributed by atoms with Gasteiger partial charge in [0.15, 0.2) is 0 Å². The number of hydrogen-bond donors (Lipinski definition) is 0. The lowest BCUT2D eigenvalue weighted by molar-refractivity contribution is -0.132. The third-order valence-electron chi connectivity index (χ3n) is 7.32. The molecule has 0 unspecified atom stereocenters. The van der Waals surface area contributed by atoms with Crippen molar-refractivity contribution in [1.82, 2.24) is 19.4 Å². The number of piperidine rings is 1. The number of anilines is 2. The van der Waals surface area contributed by atoms with Crippen LogP contribution in [-0.4, -0.2) is 70.5 Å². The number of carbonyl (C=O) groups is 1. The predicted molar refractivity (Wildman–Crippen MR) is 120 cm³/mol. The smallest absolute Gasteiger partial charge is 0.270 e. The van der Waals surface area contributed by atoms with Gasteiger partial charge in [-0.25, -0.2) is 13.8 Å². The minimum atomic E-state index is -2.77. The first-order valence-corrected chi connectivity index (χ1v) is 11.4. The molecule has 1 spiro atoms. The molecule has 2 aromatic rings. The van der Waals surface area contributed by atoms with E-state index in [1.807, 2.05) is 19.1 Å². The molecule has 2 aliphatic heterocycles. The Morgan fingerprint density at radius 1 is 1.06 bits per heavy atom. The molecular formula is C23H28F2N6O2. The molecular weight excluding hydrogens is 430 g/mol. The van der Waals surface area contributed by atoms with Crippen molar-refractivity contribution < 1.29 is 13.6 Å². The lowest BCUT2D eigenvalue weighted by atomic mass is 9.89. The third-order valence-corrected chi connectivity index (χ3v) is 7.32. The predicted octanol–water partition coefficient (Wildman–Crippen LogP) is 1.92. The number of piperazine rings is 1. The van der Waals surface area contributed by atoms with Crippen molar-refractivity contribution in [3.05, 3.63) is 46.8 Å². The van der Waals surface area contributed by atoms with E-state index in [2.05, 4.69) is 14.9 Å². The molecule has 0 N–H and O–H groups in total. The molecule has 5 rings (SSSR count). The van der Waals surface area contributed by atoms with Gasteiger partial charge in [-0.05, 0) is 38.3 Å². The third kappa shape index (κ3) is 4.06. The first-order chi connectivity index (χ1) is 15.8. The minimum absolute atomic E-state index is 0.131. The van der Waals surface area contributed by atoms with E-state index < -0.39 is 23.4 Å². The molecule has 2 saturated heterocycles. The Balaban J connectivity index is 1.23. The fourth-order valence-corrected chi connectivity index (χ4v) is 4.95. The van der Waals surface area contributed by atoms with Crippen molar-refractivity contribution in [2.75, 3.05) is 49.1 Å². The van der Waals surface area contributed by atoms with Gasteiger partial charge in [-0.3, -0.25) is 14.6 Å². The number of rotatable bonds is 4. The minimum Gasteiger partial charge on any atom is -0.367 e. The van der Waals surface area contributed by atoms with Gasteiger partial charge in [-0.15, -0.1) is 0 Å².